The molecule has 5 nitrogen and oxygen atoms in total. The van der Waals surface area contributed by atoms with Crippen molar-refractivity contribution in [2.75, 3.05) is 19.6 Å². The van der Waals surface area contributed by atoms with Gasteiger partial charge in [0.25, 0.3) is 5.89 Å². The highest BCUT2D eigenvalue weighted by molar-refractivity contribution is 6.30. The van der Waals surface area contributed by atoms with Crippen LogP contribution in [0.2, 0.25) is 5.02 Å². The topological polar surface area (TPSA) is 58.4 Å². The number of aromatic nitrogens is 1. The fourth-order valence-electron chi connectivity index (χ4n) is 3.33. The molecule has 0 spiro atoms. The highest BCUT2D eigenvalue weighted by atomic mass is 35.5. The molecule has 2 unspecified atom stereocenters. The van der Waals surface area contributed by atoms with Gasteiger partial charge in [0.05, 0.1) is 6.20 Å². The van der Waals surface area contributed by atoms with Crippen molar-refractivity contribution in [1.82, 2.24) is 15.2 Å². The van der Waals surface area contributed by atoms with Gasteiger partial charge >= 0.3 is 5.91 Å². The minimum absolute atomic E-state index is 0.104. The molecule has 0 saturated carbocycles. The fourth-order valence-corrected chi connectivity index (χ4v) is 3.52. The monoisotopic (exact) mass is 317 g/mol. The lowest BCUT2D eigenvalue weighted by molar-refractivity contribution is 0.0890. The molecular formula is C16H16ClN3O2. The predicted molar refractivity (Wildman–Crippen MR) is 82.8 cm³/mol. The highest BCUT2D eigenvalue weighted by Gasteiger charge is 2.39. The van der Waals surface area contributed by atoms with Crippen molar-refractivity contribution in [3.63, 3.8) is 0 Å². The van der Waals surface area contributed by atoms with Crippen molar-refractivity contribution in [2.24, 2.45) is 5.92 Å². The van der Waals surface area contributed by atoms with Crippen molar-refractivity contribution in [3.8, 4) is 11.3 Å². The molecule has 3 atom stereocenters. The number of benzene rings is 1. The Bertz CT molecular complexity index is 715. The number of amides is 1. The molecule has 1 N–H and O–H groups in total. The Morgan fingerprint density at radius 1 is 1.41 bits per heavy atom. The molecule has 0 aliphatic carbocycles. The first-order valence-electron chi connectivity index (χ1n) is 7.44. The second kappa shape index (κ2) is 5.41. The minimum atomic E-state index is -0.243. The van der Waals surface area contributed by atoms with Crippen LogP contribution < -0.4 is 5.32 Å². The number of carbonyl (C=O) groups excluding carboxylic acids is 1. The number of nitrogens with zero attached hydrogens (tertiary/aromatic N) is 2. The summed E-state index contributed by atoms with van der Waals surface area (Å²) < 4.78 is 5.58. The van der Waals surface area contributed by atoms with Gasteiger partial charge in [0.1, 0.15) is 0 Å². The standard InChI is InChI=1S/C16H16ClN3O2/c17-12-3-1-2-10(6-12)14-7-18-16(22-14)15(21)19-13-9-20-5-4-11(13)8-20/h1-3,6-7,11,13H,4-5,8-9H2,(H,19,21)/t11-,13?/m0/s1. The first kappa shape index (κ1) is 13.8. The van der Waals surface area contributed by atoms with E-state index in [1.165, 1.54) is 0 Å². The molecule has 0 radical (unpaired) electrons. The summed E-state index contributed by atoms with van der Waals surface area (Å²) in [5, 5.41) is 3.66. The average Bonchev–Trinajstić information content (AvgIpc) is 3.23. The van der Waals surface area contributed by atoms with Crippen molar-refractivity contribution in [3.05, 3.63) is 41.4 Å². The Balaban J connectivity index is 1.48. The van der Waals surface area contributed by atoms with Crippen LogP contribution in [0.5, 0.6) is 0 Å². The summed E-state index contributed by atoms with van der Waals surface area (Å²) in [4.78, 5) is 18.7. The molecule has 6 heteroatoms. The Labute approximate surface area is 133 Å². The number of rotatable bonds is 3. The highest BCUT2D eigenvalue weighted by Crippen LogP contribution is 2.28. The number of nitrogens with one attached hydrogen (secondary N) is 1. The number of hydrogen-bond donors (Lipinski definition) is 1. The molecule has 1 amide bonds. The predicted octanol–water partition coefficient (Wildman–Crippen LogP) is 2.43. The molecule has 1 aromatic heterocycles. The van der Waals surface area contributed by atoms with E-state index in [0.717, 1.165) is 31.6 Å². The average molecular weight is 318 g/mol. The summed E-state index contributed by atoms with van der Waals surface area (Å²) in [7, 11) is 0. The van der Waals surface area contributed by atoms with Crippen LogP contribution >= 0.6 is 11.6 Å². The van der Waals surface area contributed by atoms with Crippen LogP contribution in [-0.4, -0.2) is 41.5 Å². The van der Waals surface area contributed by atoms with E-state index >= 15 is 0 Å². The lowest BCUT2D eigenvalue weighted by Gasteiger charge is -2.22. The van der Waals surface area contributed by atoms with Gasteiger partial charge in [-0.15, -0.1) is 0 Å². The third kappa shape index (κ3) is 2.51. The molecule has 22 heavy (non-hydrogen) atoms. The maximum Gasteiger partial charge on any atom is 0.307 e. The summed E-state index contributed by atoms with van der Waals surface area (Å²) >= 11 is 5.97. The second-order valence-corrected chi connectivity index (χ2v) is 6.36. The molecule has 3 heterocycles. The lowest BCUT2D eigenvalue weighted by atomic mass is 10.0. The number of carbonyl (C=O) groups is 1. The zero-order chi connectivity index (χ0) is 15.1. The van der Waals surface area contributed by atoms with Gasteiger partial charge in [-0.2, -0.15) is 0 Å². The first-order valence-corrected chi connectivity index (χ1v) is 7.82. The van der Waals surface area contributed by atoms with Crippen LogP contribution in [0.3, 0.4) is 0 Å². The smallest absolute Gasteiger partial charge is 0.307 e. The van der Waals surface area contributed by atoms with Crippen molar-refractivity contribution >= 4 is 17.5 Å². The quantitative estimate of drug-likeness (QED) is 0.944. The van der Waals surface area contributed by atoms with Gasteiger partial charge in [-0.1, -0.05) is 23.7 Å². The molecule has 2 saturated heterocycles. The van der Waals surface area contributed by atoms with E-state index in [9.17, 15) is 4.79 Å². The molecule has 2 aliphatic heterocycles. The third-order valence-corrected chi connectivity index (χ3v) is 4.69. The van der Waals surface area contributed by atoms with Crippen molar-refractivity contribution < 1.29 is 9.21 Å². The molecule has 2 fully saturated rings. The number of hydrogen-bond acceptors (Lipinski definition) is 4. The maximum atomic E-state index is 12.3. The SMILES string of the molecule is O=C(NC1CN2CC[C@H]1C2)c1ncc(-c2cccc(Cl)c2)o1. The largest absolute Gasteiger partial charge is 0.432 e. The number of piperidine rings is 1. The van der Waals surface area contributed by atoms with Gasteiger partial charge in [0.2, 0.25) is 0 Å². The molecule has 2 aliphatic rings. The van der Waals surface area contributed by atoms with Gasteiger partial charge in [-0.3, -0.25) is 4.79 Å². The van der Waals surface area contributed by atoms with E-state index in [4.69, 9.17) is 16.0 Å². The zero-order valence-electron chi connectivity index (χ0n) is 12.0. The van der Waals surface area contributed by atoms with E-state index in [1.807, 2.05) is 12.1 Å². The van der Waals surface area contributed by atoms with Gasteiger partial charge in [-0.05, 0) is 31.0 Å². The maximum absolute atomic E-state index is 12.3. The van der Waals surface area contributed by atoms with Crippen LogP contribution in [0, 0.1) is 5.92 Å². The molecular weight excluding hydrogens is 302 g/mol. The van der Waals surface area contributed by atoms with Gasteiger partial charge in [0.15, 0.2) is 5.76 Å². The van der Waals surface area contributed by atoms with Crippen LogP contribution in [0.1, 0.15) is 17.1 Å². The van der Waals surface area contributed by atoms with Gasteiger partial charge < -0.3 is 14.6 Å². The minimum Gasteiger partial charge on any atom is -0.432 e. The molecule has 2 aromatic rings. The van der Waals surface area contributed by atoms with E-state index in [1.54, 1.807) is 18.3 Å². The molecule has 114 valence electrons. The van der Waals surface area contributed by atoms with E-state index < -0.39 is 0 Å². The summed E-state index contributed by atoms with van der Waals surface area (Å²) in [5.74, 6) is 0.968. The van der Waals surface area contributed by atoms with Gasteiger partial charge in [0, 0.05) is 29.7 Å². The van der Waals surface area contributed by atoms with Gasteiger partial charge in [-0.25, -0.2) is 4.98 Å². The van der Waals surface area contributed by atoms with Crippen LogP contribution in [0.4, 0.5) is 0 Å². The summed E-state index contributed by atoms with van der Waals surface area (Å²) in [5.41, 5.74) is 0.810. The number of fused-ring (bicyclic) bond motifs is 2. The summed E-state index contributed by atoms with van der Waals surface area (Å²) in [6, 6.07) is 7.50. The van der Waals surface area contributed by atoms with Crippen molar-refractivity contribution in [1.29, 1.82) is 0 Å². The first-order chi connectivity index (χ1) is 10.7. The van der Waals surface area contributed by atoms with Crippen LogP contribution in [0.25, 0.3) is 11.3 Å². The summed E-state index contributed by atoms with van der Waals surface area (Å²) in [6.45, 7) is 3.16. The molecule has 2 bridgehead atoms. The second-order valence-electron chi connectivity index (χ2n) is 5.93. The lowest BCUT2D eigenvalue weighted by Crippen LogP contribution is -2.43. The fraction of sp³-hybridized carbons (Fsp3) is 0.375. The van der Waals surface area contributed by atoms with Crippen LogP contribution in [-0.2, 0) is 0 Å². The Morgan fingerprint density at radius 2 is 2.32 bits per heavy atom. The number of oxazole rings is 1. The summed E-state index contributed by atoms with van der Waals surface area (Å²) in [6.07, 6.45) is 2.72. The van der Waals surface area contributed by atoms with Crippen LogP contribution in [0.15, 0.2) is 34.9 Å². The van der Waals surface area contributed by atoms with E-state index in [2.05, 4.69) is 15.2 Å². The molecule has 1 aromatic carbocycles. The van der Waals surface area contributed by atoms with Crippen molar-refractivity contribution in [2.45, 2.75) is 12.5 Å². The third-order valence-electron chi connectivity index (χ3n) is 4.46. The molecule has 4 rings (SSSR count). The Hall–Kier alpha value is -1.85. The normalized spacial score (nSPS) is 26.3. The Kier molecular flexibility index (Phi) is 3.39. The zero-order valence-corrected chi connectivity index (χ0v) is 12.7. The number of halogens is 1. The Morgan fingerprint density at radius 3 is 3.05 bits per heavy atom. The van der Waals surface area contributed by atoms with E-state index in [0.29, 0.717) is 16.7 Å². The van der Waals surface area contributed by atoms with E-state index in [-0.39, 0.29) is 17.8 Å².